The van der Waals surface area contributed by atoms with Gasteiger partial charge in [-0.15, -0.1) is 5.10 Å². The third kappa shape index (κ3) is 2.59. The molecule has 1 N–H and O–H groups in total. The molecular weight excluding hydrogens is 388 g/mol. The van der Waals surface area contributed by atoms with Crippen LogP contribution in [-0.2, 0) is 4.79 Å². The Kier molecular flexibility index (Phi) is 4.00. The van der Waals surface area contributed by atoms with Crippen LogP contribution in [0, 0.1) is 5.92 Å². The third-order valence-corrected chi connectivity index (χ3v) is 5.48. The van der Waals surface area contributed by atoms with Gasteiger partial charge in [-0.05, 0) is 36.3 Å². The molecule has 24 heavy (non-hydrogen) atoms. The van der Waals surface area contributed by atoms with Gasteiger partial charge in [0.25, 0.3) is 0 Å². The first-order chi connectivity index (χ1) is 11.6. The van der Waals surface area contributed by atoms with Crippen LogP contribution >= 0.6 is 27.7 Å². The molecule has 5 nitrogen and oxygen atoms in total. The molecule has 124 valence electrons. The fourth-order valence-electron chi connectivity index (χ4n) is 3.46. The summed E-state index contributed by atoms with van der Waals surface area (Å²) in [4.78, 5) is 17.4. The largest absolute Gasteiger partial charge is 0.328 e. The number of Topliss-reactive ketones (excluding diaryl/α,β-unsaturated/α-hetero) is 1. The van der Waals surface area contributed by atoms with Crippen LogP contribution in [0.4, 0.5) is 5.95 Å². The summed E-state index contributed by atoms with van der Waals surface area (Å²) in [5, 5.41) is 8.66. The Morgan fingerprint density at radius 3 is 2.96 bits per heavy atom. The second-order valence-electron chi connectivity index (χ2n) is 6.28. The maximum absolute atomic E-state index is 12.8. The van der Waals surface area contributed by atoms with Crippen LogP contribution in [0.3, 0.4) is 0 Å². The number of fused-ring (bicyclic) bond motifs is 1. The highest BCUT2D eigenvalue weighted by Crippen LogP contribution is 2.42. The second-order valence-corrected chi connectivity index (χ2v) is 7.97. The number of hydrogen-bond donors (Lipinski definition) is 1. The van der Waals surface area contributed by atoms with Crippen molar-refractivity contribution in [3.05, 3.63) is 45.6 Å². The maximum atomic E-state index is 12.8. The summed E-state index contributed by atoms with van der Waals surface area (Å²) in [5.74, 6) is 1.26. The van der Waals surface area contributed by atoms with Gasteiger partial charge >= 0.3 is 0 Å². The van der Waals surface area contributed by atoms with Crippen LogP contribution < -0.4 is 5.32 Å². The topological polar surface area (TPSA) is 59.8 Å². The molecule has 7 heteroatoms. The Bertz CT molecular complexity index is 860. The fourth-order valence-corrected chi connectivity index (χ4v) is 4.22. The fraction of sp³-hybridized carbons (Fsp3) is 0.353. The molecule has 0 saturated heterocycles. The molecule has 1 aliphatic carbocycles. The molecular formula is C17H17BrN4OS. The number of hydrogen-bond acceptors (Lipinski definition) is 5. The van der Waals surface area contributed by atoms with Crippen LogP contribution in [0.5, 0.6) is 0 Å². The highest BCUT2D eigenvalue weighted by atomic mass is 79.9. The van der Waals surface area contributed by atoms with E-state index in [0.29, 0.717) is 23.4 Å². The zero-order chi connectivity index (χ0) is 16.8. The van der Waals surface area contributed by atoms with Gasteiger partial charge in [0.05, 0.1) is 0 Å². The molecule has 0 bridgehead atoms. The molecule has 0 amide bonds. The Morgan fingerprint density at radius 1 is 1.38 bits per heavy atom. The van der Waals surface area contributed by atoms with Crippen LogP contribution in [0.1, 0.15) is 31.4 Å². The van der Waals surface area contributed by atoms with E-state index in [9.17, 15) is 4.79 Å². The first-order valence-corrected chi connectivity index (χ1v) is 9.88. The standard InChI is InChI=1S/C17H17BrN4OS/c1-9-6-12-14(13(23)7-9)15(10-4-3-5-11(18)8-10)22-16(19-12)20-17(21-22)24-2/h3-5,8-9,15H,6-7H2,1-2H3,(H,19,20,21)/t9-,15-/m1/s1. The van der Waals surface area contributed by atoms with E-state index in [-0.39, 0.29) is 11.8 Å². The van der Waals surface area contributed by atoms with E-state index in [2.05, 4.69) is 44.3 Å². The number of carbonyl (C=O) groups is 1. The van der Waals surface area contributed by atoms with Gasteiger partial charge in [-0.1, -0.05) is 46.7 Å². The molecule has 0 fully saturated rings. The molecule has 0 saturated carbocycles. The molecule has 2 atom stereocenters. The number of nitrogens with zero attached hydrogens (tertiary/aromatic N) is 3. The lowest BCUT2D eigenvalue weighted by Crippen LogP contribution is -2.33. The predicted molar refractivity (Wildman–Crippen MR) is 98.1 cm³/mol. The van der Waals surface area contributed by atoms with E-state index in [4.69, 9.17) is 0 Å². The van der Waals surface area contributed by atoms with Crippen molar-refractivity contribution >= 4 is 39.4 Å². The summed E-state index contributed by atoms with van der Waals surface area (Å²) in [5.41, 5.74) is 2.87. The van der Waals surface area contributed by atoms with E-state index in [0.717, 1.165) is 27.7 Å². The lowest BCUT2D eigenvalue weighted by Gasteiger charge is -2.34. The third-order valence-electron chi connectivity index (χ3n) is 4.45. The molecule has 4 rings (SSSR count). The first kappa shape index (κ1) is 15.9. The van der Waals surface area contributed by atoms with Crippen molar-refractivity contribution in [2.75, 3.05) is 11.6 Å². The Labute approximate surface area is 153 Å². The van der Waals surface area contributed by atoms with E-state index in [1.807, 2.05) is 29.1 Å². The highest BCUT2D eigenvalue weighted by molar-refractivity contribution is 9.10. The monoisotopic (exact) mass is 404 g/mol. The number of allylic oxidation sites excluding steroid dienone is 2. The molecule has 0 unspecified atom stereocenters. The number of halogens is 1. The van der Waals surface area contributed by atoms with Crippen molar-refractivity contribution in [2.24, 2.45) is 5.92 Å². The molecule has 2 heterocycles. The summed E-state index contributed by atoms with van der Waals surface area (Å²) in [6.45, 7) is 2.12. The Morgan fingerprint density at radius 2 is 2.21 bits per heavy atom. The number of benzene rings is 1. The number of nitrogens with one attached hydrogen (secondary N) is 1. The van der Waals surface area contributed by atoms with E-state index in [1.54, 1.807) is 0 Å². The van der Waals surface area contributed by atoms with Gasteiger partial charge in [0.1, 0.15) is 6.04 Å². The average Bonchev–Trinajstić information content (AvgIpc) is 2.95. The van der Waals surface area contributed by atoms with Crippen LogP contribution in [0.25, 0.3) is 0 Å². The zero-order valence-electron chi connectivity index (χ0n) is 13.4. The van der Waals surface area contributed by atoms with Crippen molar-refractivity contribution in [1.29, 1.82) is 0 Å². The van der Waals surface area contributed by atoms with Crippen LogP contribution in [0.15, 0.2) is 45.2 Å². The van der Waals surface area contributed by atoms with Crippen molar-refractivity contribution in [1.82, 2.24) is 14.8 Å². The van der Waals surface area contributed by atoms with Gasteiger partial charge in [0.2, 0.25) is 11.1 Å². The summed E-state index contributed by atoms with van der Waals surface area (Å²) in [7, 11) is 0. The Balaban J connectivity index is 1.92. The second kappa shape index (κ2) is 6.04. The number of rotatable bonds is 2. The minimum Gasteiger partial charge on any atom is -0.328 e. The SMILES string of the molecule is CSc1nc2n(n1)[C@H](c1cccc(Br)c1)C1=C(C[C@@H](C)CC1=O)N2. The van der Waals surface area contributed by atoms with Gasteiger partial charge in [-0.3, -0.25) is 4.79 Å². The van der Waals surface area contributed by atoms with Gasteiger partial charge < -0.3 is 5.32 Å². The number of thioether (sulfide) groups is 1. The summed E-state index contributed by atoms with van der Waals surface area (Å²) in [6, 6.07) is 7.85. The van der Waals surface area contributed by atoms with Gasteiger partial charge in [0, 0.05) is 22.2 Å². The number of anilines is 1. The number of carbonyl (C=O) groups excluding carboxylic acids is 1. The van der Waals surface area contributed by atoms with Crippen molar-refractivity contribution < 1.29 is 4.79 Å². The molecule has 2 aromatic rings. The first-order valence-electron chi connectivity index (χ1n) is 7.86. The van der Waals surface area contributed by atoms with Crippen molar-refractivity contribution in [3.63, 3.8) is 0 Å². The van der Waals surface area contributed by atoms with E-state index in [1.165, 1.54) is 11.8 Å². The normalized spacial score (nSPS) is 22.9. The quantitative estimate of drug-likeness (QED) is 0.765. The van der Waals surface area contributed by atoms with Gasteiger partial charge in [0.15, 0.2) is 5.78 Å². The van der Waals surface area contributed by atoms with E-state index >= 15 is 0 Å². The Hall–Kier alpha value is -1.60. The molecule has 1 aliphatic heterocycles. The average molecular weight is 405 g/mol. The molecule has 1 aromatic heterocycles. The van der Waals surface area contributed by atoms with Gasteiger partial charge in [-0.25, -0.2) is 4.68 Å². The predicted octanol–water partition coefficient (Wildman–Crippen LogP) is 4.03. The van der Waals surface area contributed by atoms with E-state index < -0.39 is 0 Å². The smallest absolute Gasteiger partial charge is 0.227 e. The number of aromatic nitrogens is 3. The number of ketones is 1. The molecule has 2 aliphatic rings. The summed E-state index contributed by atoms with van der Waals surface area (Å²) >= 11 is 5.04. The van der Waals surface area contributed by atoms with Crippen LogP contribution in [0.2, 0.25) is 0 Å². The minimum absolute atomic E-state index is 0.202. The van der Waals surface area contributed by atoms with Crippen molar-refractivity contribution in [3.8, 4) is 0 Å². The lowest BCUT2D eigenvalue weighted by atomic mass is 9.81. The summed E-state index contributed by atoms with van der Waals surface area (Å²) < 4.78 is 2.84. The lowest BCUT2D eigenvalue weighted by molar-refractivity contribution is -0.117. The maximum Gasteiger partial charge on any atom is 0.227 e. The zero-order valence-corrected chi connectivity index (χ0v) is 15.8. The summed E-state index contributed by atoms with van der Waals surface area (Å²) in [6.07, 6.45) is 3.41. The highest BCUT2D eigenvalue weighted by Gasteiger charge is 2.38. The molecule has 0 radical (unpaired) electrons. The van der Waals surface area contributed by atoms with Gasteiger partial charge in [-0.2, -0.15) is 4.98 Å². The van der Waals surface area contributed by atoms with Crippen LogP contribution in [-0.4, -0.2) is 26.8 Å². The molecule has 0 spiro atoms. The molecule has 1 aromatic carbocycles. The minimum atomic E-state index is -0.220. The van der Waals surface area contributed by atoms with Crippen molar-refractivity contribution in [2.45, 2.75) is 31.0 Å².